The number of carbonyl (C=O) groups excluding carboxylic acids is 1. The summed E-state index contributed by atoms with van der Waals surface area (Å²) in [6, 6.07) is 14.5. The van der Waals surface area contributed by atoms with E-state index in [2.05, 4.69) is 32.9 Å². The zero-order valence-corrected chi connectivity index (χ0v) is 12.6. The zero-order valence-electron chi connectivity index (χ0n) is 12.6. The maximum Gasteiger partial charge on any atom is 0.185 e. The van der Waals surface area contributed by atoms with Gasteiger partial charge < -0.3 is 5.11 Å². The Bertz CT molecular complexity index is 659. The van der Waals surface area contributed by atoms with E-state index in [1.807, 2.05) is 12.1 Å². The van der Waals surface area contributed by atoms with E-state index < -0.39 is 0 Å². The number of hydrogen-bond acceptors (Lipinski definition) is 2. The summed E-state index contributed by atoms with van der Waals surface area (Å²) in [6.07, 6.45) is 3.32. The number of hydrogen-bond donors (Lipinski definition) is 1. The third-order valence-electron chi connectivity index (χ3n) is 3.33. The van der Waals surface area contributed by atoms with Gasteiger partial charge in [0.2, 0.25) is 0 Å². The number of ketones is 1. The normalized spacial score (nSPS) is 11.8. The first-order valence-corrected chi connectivity index (χ1v) is 6.98. The molecular weight excluding hydrogens is 260 g/mol. The van der Waals surface area contributed by atoms with Gasteiger partial charge in [-0.2, -0.15) is 0 Å². The molecule has 0 radical (unpaired) electrons. The van der Waals surface area contributed by atoms with Gasteiger partial charge in [-0.25, -0.2) is 0 Å². The highest BCUT2D eigenvalue weighted by Crippen LogP contribution is 2.22. The van der Waals surface area contributed by atoms with E-state index in [0.29, 0.717) is 5.56 Å². The van der Waals surface area contributed by atoms with Gasteiger partial charge in [0.25, 0.3) is 0 Å². The van der Waals surface area contributed by atoms with Crippen molar-refractivity contribution in [3.05, 3.63) is 71.3 Å². The van der Waals surface area contributed by atoms with Gasteiger partial charge in [0.05, 0.1) is 0 Å². The third kappa shape index (κ3) is 4.06. The summed E-state index contributed by atoms with van der Waals surface area (Å²) in [5.74, 6) is -0.0189. The molecule has 2 aromatic carbocycles. The van der Waals surface area contributed by atoms with Crippen LogP contribution in [0.15, 0.2) is 54.6 Å². The van der Waals surface area contributed by atoms with Gasteiger partial charge in [-0.1, -0.05) is 63.2 Å². The molecule has 2 aromatic rings. The summed E-state index contributed by atoms with van der Waals surface area (Å²) < 4.78 is 0. The maximum atomic E-state index is 12.0. The Morgan fingerprint density at radius 3 is 2.29 bits per heavy atom. The molecule has 108 valence electrons. The van der Waals surface area contributed by atoms with Crippen molar-refractivity contribution in [2.45, 2.75) is 26.2 Å². The number of phenolic OH excluding ortho intramolecular Hbond substituents is 1. The van der Waals surface area contributed by atoms with Gasteiger partial charge in [-0.3, -0.25) is 4.79 Å². The number of aromatic hydroxyl groups is 1. The molecule has 2 nitrogen and oxygen atoms in total. The van der Waals surface area contributed by atoms with Crippen molar-refractivity contribution in [3.63, 3.8) is 0 Å². The molecule has 21 heavy (non-hydrogen) atoms. The van der Waals surface area contributed by atoms with Crippen LogP contribution in [0.2, 0.25) is 0 Å². The highest BCUT2D eigenvalue weighted by molar-refractivity contribution is 6.07. The lowest BCUT2D eigenvalue weighted by Gasteiger charge is -2.18. The number of benzene rings is 2. The summed E-state index contributed by atoms with van der Waals surface area (Å²) in [4.78, 5) is 12.0. The van der Waals surface area contributed by atoms with E-state index in [0.717, 1.165) is 5.56 Å². The molecule has 0 bridgehead atoms. The van der Waals surface area contributed by atoms with E-state index in [9.17, 15) is 9.90 Å². The summed E-state index contributed by atoms with van der Waals surface area (Å²) in [5.41, 5.74) is 2.85. The number of carbonyl (C=O) groups is 1. The fourth-order valence-corrected chi connectivity index (χ4v) is 2.02. The first-order valence-electron chi connectivity index (χ1n) is 6.98. The Labute approximate surface area is 125 Å². The summed E-state index contributed by atoms with van der Waals surface area (Å²) in [5, 5.41) is 9.38. The second-order valence-corrected chi connectivity index (χ2v) is 6.12. The molecule has 0 amide bonds. The van der Waals surface area contributed by atoms with Crippen molar-refractivity contribution < 1.29 is 9.90 Å². The average Bonchev–Trinajstić information content (AvgIpc) is 2.44. The third-order valence-corrected chi connectivity index (χ3v) is 3.33. The SMILES string of the molecule is CC(C)(C)c1ccc(C=CC(=O)c2cccc(O)c2)cc1. The van der Waals surface area contributed by atoms with Crippen molar-refractivity contribution in [1.29, 1.82) is 0 Å². The predicted octanol–water partition coefficient (Wildman–Crippen LogP) is 4.59. The van der Waals surface area contributed by atoms with Crippen molar-refractivity contribution >= 4 is 11.9 Å². The molecule has 0 saturated carbocycles. The molecule has 2 heteroatoms. The fraction of sp³-hybridized carbons (Fsp3) is 0.211. The molecule has 0 atom stereocenters. The first kappa shape index (κ1) is 15.0. The number of allylic oxidation sites excluding steroid dienone is 1. The van der Waals surface area contributed by atoms with Gasteiger partial charge in [0, 0.05) is 5.56 Å². The van der Waals surface area contributed by atoms with Crippen LogP contribution < -0.4 is 0 Å². The van der Waals surface area contributed by atoms with Crippen molar-refractivity contribution in [2.24, 2.45) is 0 Å². The standard InChI is InChI=1S/C19H20O2/c1-19(2,3)16-10-7-14(8-11-16)9-12-18(21)15-5-4-6-17(20)13-15/h4-13,20H,1-3H3. The van der Waals surface area contributed by atoms with Crippen molar-refractivity contribution in [3.8, 4) is 5.75 Å². The Morgan fingerprint density at radius 1 is 1.05 bits per heavy atom. The van der Waals surface area contributed by atoms with Crippen LogP contribution >= 0.6 is 0 Å². The number of phenols is 1. The topological polar surface area (TPSA) is 37.3 Å². The molecule has 0 aromatic heterocycles. The molecule has 0 fully saturated rings. The number of rotatable bonds is 3. The Balaban J connectivity index is 2.12. The molecule has 0 aliphatic carbocycles. The molecule has 0 heterocycles. The monoisotopic (exact) mass is 280 g/mol. The average molecular weight is 280 g/mol. The molecule has 0 aliphatic heterocycles. The van der Waals surface area contributed by atoms with Gasteiger partial charge in [-0.15, -0.1) is 0 Å². The lowest BCUT2D eigenvalue weighted by Crippen LogP contribution is -2.10. The quantitative estimate of drug-likeness (QED) is 0.659. The Kier molecular flexibility index (Phi) is 4.27. The minimum absolute atomic E-state index is 0.101. The van der Waals surface area contributed by atoms with Crippen molar-refractivity contribution in [1.82, 2.24) is 0 Å². The molecular formula is C19H20O2. The van der Waals surface area contributed by atoms with Crippen LogP contribution in [0.3, 0.4) is 0 Å². The van der Waals surface area contributed by atoms with E-state index in [1.165, 1.54) is 17.7 Å². The molecule has 0 unspecified atom stereocenters. The van der Waals surface area contributed by atoms with Crippen LogP contribution in [0.1, 0.15) is 42.3 Å². The zero-order chi connectivity index (χ0) is 15.5. The summed E-state index contributed by atoms with van der Waals surface area (Å²) in [7, 11) is 0. The lowest BCUT2D eigenvalue weighted by atomic mass is 9.87. The largest absolute Gasteiger partial charge is 0.508 e. The van der Waals surface area contributed by atoms with E-state index in [4.69, 9.17) is 0 Å². The van der Waals surface area contributed by atoms with Gasteiger partial charge in [-0.05, 0) is 34.8 Å². The van der Waals surface area contributed by atoms with Crippen LogP contribution in [0.4, 0.5) is 0 Å². The van der Waals surface area contributed by atoms with Crippen LogP contribution in [0.25, 0.3) is 6.08 Å². The summed E-state index contributed by atoms with van der Waals surface area (Å²) in [6.45, 7) is 6.51. The van der Waals surface area contributed by atoms with Gasteiger partial charge in [0.1, 0.15) is 5.75 Å². The minimum Gasteiger partial charge on any atom is -0.508 e. The van der Waals surface area contributed by atoms with Gasteiger partial charge >= 0.3 is 0 Å². The molecule has 2 rings (SSSR count). The maximum absolute atomic E-state index is 12.0. The summed E-state index contributed by atoms with van der Waals surface area (Å²) >= 11 is 0. The van der Waals surface area contributed by atoms with Gasteiger partial charge in [0.15, 0.2) is 5.78 Å². The first-order chi connectivity index (χ1) is 9.86. The smallest absolute Gasteiger partial charge is 0.185 e. The highest BCUT2D eigenvalue weighted by atomic mass is 16.3. The minimum atomic E-state index is -0.120. The second kappa shape index (κ2) is 5.96. The van der Waals surface area contributed by atoms with Crippen molar-refractivity contribution in [2.75, 3.05) is 0 Å². The molecule has 0 aliphatic rings. The van der Waals surface area contributed by atoms with E-state index in [1.54, 1.807) is 24.3 Å². The van der Waals surface area contributed by atoms with E-state index >= 15 is 0 Å². The van der Waals surface area contributed by atoms with Crippen LogP contribution in [-0.2, 0) is 5.41 Å². The Hall–Kier alpha value is -2.35. The predicted molar refractivity (Wildman–Crippen MR) is 86.6 cm³/mol. The van der Waals surface area contributed by atoms with E-state index in [-0.39, 0.29) is 16.9 Å². The molecule has 0 saturated heterocycles. The lowest BCUT2D eigenvalue weighted by molar-refractivity contribution is 0.104. The highest BCUT2D eigenvalue weighted by Gasteiger charge is 2.12. The second-order valence-electron chi connectivity index (χ2n) is 6.12. The van der Waals surface area contributed by atoms with Crippen LogP contribution in [0.5, 0.6) is 5.75 Å². The van der Waals surface area contributed by atoms with Crippen LogP contribution in [0, 0.1) is 0 Å². The van der Waals surface area contributed by atoms with Crippen LogP contribution in [-0.4, -0.2) is 10.9 Å². The fourth-order valence-electron chi connectivity index (χ4n) is 2.02. The molecule has 1 N–H and O–H groups in total. The Morgan fingerprint density at radius 2 is 1.71 bits per heavy atom. The molecule has 0 spiro atoms.